The summed E-state index contributed by atoms with van der Waals surface area (Å²) in [6, 6.07) is 37.8. The predicted molar refractivity (Wildman–Crippen MR) is 123 cm³/mol. The van der Waals surface area contributed by atoms with Gasteiger partial charge in [0.15, 0.2) is 0 Å². The summed E-state index contributed by atoms with van der Waals surface area (Å²) in [6.07, 6.45) is 0. The Morgan fingerprint density at radius 2 is 1.19 bits per heavy atom. The summed E-state index contributed by atoms with van der Waals surface area (Å²) in [7, 11) is 0. The lowest BCUT2D eigenvalue weighted by atomic mass is 9.93. The zero-order valence-corrected chi connectivity index (χ0v) is 17.1. The van der Waals surface area contributed by atoms with Crippen molar-refractivity contribution in [3.63, 3.8) is 0 Å². The average molecular weight is 407 g/mol. The highest BCUT2D eigenvalue weighted by Crippen LogP contribution is 2.44. The van der Waals surface area contributed by atoms with Gasteiger partial charge in [0.1, 0.15) is 17.7 Å². The Bertz CT molecular complexity index is 1170. The fraction of sp³-hybridized carbons (Fsp3) is 0.107. The molecule has 2 atom stereocenters. The van der Waals surface area contributed by atoms with Gasteiger partial charge in [-0.25, -0.2) is 4.39 Å². The quantitative estimate of drug-likeness (QED) is 0.366. The largest absolute Gasteiger partial charge is 0.342 e. The molecule has 1 heterocycles. The molecular weight excluding hydrogens is 383 g/mol. The lowest BCUT2D eigenvalue weighted by molar-refractivity contribution is 0.304. The van der Waals surface area contributed by atoms with Gasteiger partial charge in [-0.2, -0.15) is 0 Å². The second kappa shape index (κ2) is 8.57. The summed E-state index contributed by atoms with van der Waals surface area (Å²) in [5.74, 6) is 0.449. The first kappa shape index (κ1) is 19.3. The van der Waals surface area contributed by atoms with E-state index < -0.39 is 0 Å². The number of hydrogen-bond acceptors (Lipinski definition) is 2. The highest BCUT2D eigenvalue weighted by Gasteiger charge is 2.39. The number of benzene rings is 4. The van der Waals surface area contributed by atoms with Crippen molar-refractivity contribution < 1.29 is 4.39 Å². The molecule has 0 spiro atoms. The van der Waals surface area contributed by atoms with E-state index in [2.05, 4.69) is 53.4 Å². The molecule has 0 saturated heterocycles. The molecule has 4 aromatic carbocycles. The second-order valence-electron chi connectivity index (χ2n) is 7.76. The maximum absolute atomic E-state index is 14.9. The molecule has 31 heavy (non-hydrogen) atoms. The number of rotatable bonds is 5. The second-order valence-corrected chi connectivity index (χ2v) is 7.76. The molecule has 0 aliphatic carbocycles. The highest BCUT2D eigenvalue weighted by molar-refractivity contribution is 6.00. The van der Waals surface area contributed by atoms with Crippen LogP contribution in [0.5, 0.6) is 0 Å². The molecule has 0 aromatic heterocycles. The average Bonchev–Trinajstić information content (AvgIpc) is 3.20. The van der Waals surface area contributed by atoms with Crippen LogP contribution in [-0.2, 0) is 6.54 Å². The van der Waals surface area contributed by atoms with E-state index in [1.165, 1.54) is 17.2 Å². The van der Waals surface area contributed by atoms with Crippen LogP contribution in [0, 0.1) is 5.82 Å². The minimum Gasteiger partial charge on any atom is -0.342 e. The fourth-order valence-electron chi connectivity index (χ4n) is 4.32. The summed E-state index contributed by atoms with van der Waals surface area (Å²) in [5.41, 5.74) is 4.00. The number of nitrogens with zero attached hydrogens (tertiary/aromatic N) is 2. The predicted octanol–water partition coefficient (Wildman–Crippen LogP) is 6.57. The van der Waals surface area contributed by atoms with Gasteiger partial charge < -0.3 is 4.90 Å². The monoisotopic (exact) mass is 406 g/mol. The minimum atomic E-state index is -0.250. The third-order valence-electron chi connectivity index (χ3n) is 5.76. The van der Waals surface area contributed by atoms with Gasteiger partial charge in [-0.3, -0.25) is 4.99 Å². The number of aliphatic imine (C=N–C) groups is 1. The highest BCUT2D eigenvalue weighted by atomic mass is 19.1. The van der Waals surface area contributed by atoms with E-state index in [0.717, 1.165) is 5.56 Å². The Morgan fingerprint density at radius 3 is 1.84 bits per heavy atom. The van der Waals surface area contributed by atoms with Gasteiger partial charge in [0.2, 0.25) is 0 Å². The Kier molecular flexibility index (Phi) is 5.32. The van der Waals surface area contributed by atoms with Gasteiger partial charge in [0, 0.05) is 6.54 Å². The summed E-state index contributed by atoms with van der Waals surface area (Å²) >= 11 is 0. The van der Waals surface area contributed by atoms with E-state index in [4.69, 9.17) is 4.99 Å². The molecule has 0 radical (unpaired) electrons. The molecule has 0 fully saturated rings. The van der Waals surface area contributed by atoms with E-state index >= 15 is 0 Å². The van der Waals surface area contributed by atoms with Crippen LogP contribution in [0.2, 0.25) is 0 Å². The van der Waals surface area contributed by atoms with Crippen molar-refractivity contribution in [3.8, 4) is 0 Å². The summed E-state index contributed by atoms with van der Waals surface area (Å²) in [6.45, 7) is 0.650. The molecule has 152 valence electrons. The van der Waals surface area contributed by atoms with Crippen LogP contribution in [0.4, 0.5) is 4.39 Å². The summed E-state index contributed by atoms with van der Waals surface area (Å²) in [5, 5.41) is 0. The smallest absolute Gasteiger partial charge is 0.135 e. The van der Waals surface area contributed by atoms with Gasteiger partial charge in [-0.15, -0.1) is 0 Å². The van der Waals surface area contributed by atoms with Crippen LogP contribution in [0.1, 0.15) is 34.3 Å². The standard InChI is InChI=1S/C28H23FN2/c29-25-19-11-10-18-24(25)28-30-26(22-14-6-2-7-15-22)27(23-16-8-3-9-17-23)31(28)20-21-12-4-1-5-13-21/h1-19,26-27H,20H2/t26-,27-/m0/s1. The van der Waals surface area contributed by atoms with Crippen molar-refractivity contribution in [3.05, 3.63) is 143 Å². The van der Waals surface area contributed by atoms with Crippen molar-refractivity contribution in [2.45, 2.75) is 18.6 Å². The van der Waals surface area contributed by atoms with Crippen LogP contribution in [0.25, 0.3) is 0 Å². The van der Waals surface area contributed by atoms with Gasteiger partial charge in [-0.1, -0.05) is 103 Å². The molecule has 1 aliphatic heterocycles. The molecular formula is C28H23FN2. The molecule has 4 aromatic rings. The third kappa shape index (κ3) is 3.87. The third-order valence-corrected chi connectivity index (χ3v) is 5.76. The number of halogens is 1. The van der Waals surface area contributed by atoms with Crippen molar-refractivity contribution in [1.29, 1.82) is 0 Å². The number of amidine groups is 1. The Hall–Kier alpha value is -3.72. The molecule has 0 saturated carbocycles. The van der Waals surface area contributed by atoms with Crippen LogP contribution >= 0.6 is 0 Å². The summed E-state index contributed by atoms with van der Waals surface area (Å²) in [4.78, 5) is 7.38. The maximum Gasteiger partial charge on any atom is 0.135 e. The molecule has 2 nitrogen and oxygen atoms in total. The minimum absolute atomic E-state index is 0.0292. The zero-order valence-electron chi connectivity index (χ0n) is 17.1. The molecule has 0 N–H and O–H groups in total. The van der Waals surface area contributed by atoms with Crippen molar-refractivity contribution in [2.75, 3.05) is 0 Å². The lowest BCUT2D eigenvalue weighted by Crippen LogP contribution is -2.32. The fourth-order valence-corrected chi connectivity index (χ4v) is 4.32. The summed E-state index contributed by atoms with van der Waals surface area (Å²) < 4.78 is 14.9. The van der Waals surface area contributed by atoms with Crippen LogP contribution in [0.15, 0.2) is 120 Å². The van der Waals surface area contributed by atoms with E-state index in [1.807, 2.05) is 54.6 Å². The van der Waals surface area contributed by atoms with E-state index in [0.29, 0.717) is 17.9 Å². The SMILES string of the molecule is Fc1ccccc1C1=N[C@@H](c2ccccc2)[C@H](c2ccccc2)N1Cc1ccccc1. The Labute approximate surface area is 182 Å². The molecule has 1 aliphatic rings. The normalized spacial score (nSPS) is 18.1. The molecule has 0 unspecified atom stereocenters. The molecule has 0 amide bonds. The topological polar surface area (TPSA) is 15.6 Å². The molecule has 0 bridgehead atoms. The zero-order chi connectivity index (χ0) is 21.0. The maximum atomic E-state index is 14.9. The Balaban J connectivity index is 1.67. The first-order chi connectivity index (χ1) is 15.3. The van der Waals surface area contributed by atoms with Crippen LogP contribution < -0.4 is 0 Å². The first-order valence-electron chi connectivity index (χ1n) is 10.5. The van der Waals surface area contributed by atoms with Crippen LogP contribution in [-0.4, -0.2) is 10.7 Å². The van der Waals surface area contributed by atoms with Gasteiger partial charge >= 0.3 is 0 Å². The van der Waals surface area contributed by atoms with Gasteiger partial charge in [0.25, 0.3) is 0 Å². The van der Waals surface area contributed by atoms with Gasteiger partial charge in [-0.05, 0) is 28.8 Å². The van der Waals surface area contributed by atoms with Crippen molar-refractivity contribution in [2.24, 2.45) is 4.99 Å². The lowest BCUT2D eigenvalue weighted by Gasteiger charge is -2.31. The van der Waals surface area contributed by atoms with Crippen molar-refractivity contribution >= 4 is 5.84 Å². The van der Waals surface area contributed by atoms with E-state index in [1.54, 1.807) is 6.07 Å². The van der Waals surface area contributed by atoms with E-state index in [-0.39, 0.29) is 17.9 Å². The first-order valence-corrected chi connectivity index (χ1v) is 10.5. The molecule has 3 heteroatoms. The number of hydrogen-bond donors (Lipinski definition) is 0. The molecule has 5 rings (SSSR count). The van der Waals surface area contributed by atoms with E-state index in [9.17, 15) is 4.39 Å². The van der Waals surface area contributed by atoms with Crippen LogP contribution in [0.3, 0.4) is 0 Å². The Morgan fingerprint density at radius 1 is 0.645 bits per heavy atom. The van der Waals surface area contributed by atoms with Crippen molar-refractivity contribution in [1.82, 2.24) is 4.90 Å². The van der Waals surface area contributed by atoms with Gasteiger partial charge in [0.05, 0.1) is 11.6 Å².